The van der Waals surface area contributed by atoms with Gasteiger partial charge in [0.05, 0.1) is 16.2 Å². The molecule has 0 bridgehead atoms. The first-order chi connectivity index (χ1) is 12.5. The fourth-order valence-electron chi connectivity index (χ4n) is 2.85. The zero-order valence-corrected chi connectivity index (χ0v) is 16.6. The Hall–Kier alpha value is -1.95. The molecule has 1 aliphatic heterocycles. The molecule has 0 atom stereocenters. The Bertz CT molecular complexity index is 884. The average Bonchev–Trinajstić information content (AvgIpc) is 2.67. The maximum Gasteiger partial charge on any atom is 0.179 e. The lowest BCUT2D eigenvalue weighted by Crippen LogP contribution is -2.47. The quantitative estimate of drug-likeness (QED) is 0.718. The fourth-order valence-corrected chi connectivity index (χ4v) is 4.40. The second kappa shape index (κ2) is 8.16. The van der Waals surface area contributed by atoms with Crippen molar-refractivity contribution < 1.29 is 8.42 Å². The summed E-state index contributed by atoms with van der Waals surface area (Å²) in [6, 6.07) is 12.4. The van der Waals surface area contributed by atoms with Crippen LogP contribution in [-0.2, 0) is 9.84 Å². The van der Waals surface area contributed by atoms with Crippen molar-refractivity contribution in [1.29, 1.82) is 5.26 Å². The first kappa shape index (κ1) is 18.8. The fraction of sp³-hybridized carbons (Fsp3) is 0.333. The number of rotatable bonds is 5. The minimum Gasteiger partial charge on any atom is -0.354 e. The van der Waals surface area contributed by atoms with E-state index >= 15 is 0 Å². The van der Waals surface area contributed by atoms with Crippen LogP contribution in [-0.4, -0.2) is 56.8 Å². The van der Waals surface area contributed by atoms with Gasteiger partial charge < -0.3 is 4.90 Å². The van der Waals surface area contributed by atoms with Gasteiger partial charge in [-0.2, -0.15) is 5.26 Å². The molecule has 0 saturated carbocycles. The van der Waals surface area contributed by atoms with Crippen molar-refractivity contribution in [2.24, 2.45) is 0 Å². The van der Waals surface area contributed by atoms with Gasteiger partial charge in [-0.3, -0.25) is 4.90 Å². The van der Waals surface area contributed by atoms with Gasteiger partial charge in [0.1, 0.15) is 11.9 Å². The molecule has 136 valence electrons. The lowest BCUT2D eigenvalue weighted by Gasteiger charge is -2.35. The van der Waals surface area contributed by atoms with Crippen molar-refractivity contribution in [3.8, 4) is 6.07 Å². The van der Waals surface area contributed by atoms with E-state index in [1.54, 1.807) is 36.5 Å². The van der Waals surface area contributed by atoms with E-state index < -0.39 is 9.84 Å². The van der Waals surface area contributed by atoms with Gasteiger partial charge >= 0.3 is 0 Å². The molecule has 0 aliphatic carbocycles. The van der Waals surface area contributed by atoms with E-state index in [1.165, 1.54) is 0 Å². The van der Waals surface area contributed by atoms with Gasteiger partial charge in [0.2, 0.25) is 0 Å². The molecule has 0 radical (unpaired) electrons. The number of nitriles is 1. The molecule has 6 nitrogen and oxygen atoms in total. The number of pyridine rings is 1. The number of benzene rings is 1. The number of aromatic nitrogens is 1. The highest BCUT2D eigenvalue weighted by Crippen LogP contribution is 2.17. The Labute approximate surface area is 162 Å². The molecule has 3 rings (SSSR count). The number of halogens is 1. The molecular formula is C18H19BrN4O2S. The van der Waals surface area contributed by atoms with Crippen LogP contribution in [0.2, 0.25) is 0 Å². The van der Waals surface area contributed by atoms with Crippen LogP contribution in [0.1, 0.15) is 5.56 Å². The van der Waals surface area contributed by atoms with E-state index in [2.05, 4.69) is 36.8 Å². The van der Waals surface area contributed by atoms with Crippen molar-refractivity contribution in [2.45, 2.75) is 4.90 Å². The van der Waals surface area contributed by atoms with Crippen molar-refractivity contribution in [3.63, 3.8) is 0 Å². The lowest BCUT2D eigenvalue weighted by atomic mass is 10.2. The first-order valence-corrected chi connectivity index (χ1v) is 10.7. The Morgan fingerprint density at radius 3 is 2.35 bits per heavy atom. The molecule has 1 saturated heterocycles. The van der Waals surface area contributed by atoms with E-state index in [4.69, 9.17) is 5.26 Å². The zero-order valence-electron chi connectivity index (χ0n) is 14.2. The molecule has 0 N–H and O–H groups in total. The van der Waals surface area contributed by atoms with Gasteiger partial charge in [0.15, 0.2) is 9.84 Å². The van der Waals surface area contributed by atoms with E-state index in [0.29, 0.717) is 17.0 Å². The Morgan fingerprint density at radius 1 is 1.08 bits per heavy atom. The van der Waals surface area contributed by atoms with Crippen LogP contribution in [0.4, 0.5) is 5.82 Å². The molecule has 0 unspecified atom stereocenters. The zero-order chi connectivity index (χ0) is 18.6. The third-order valence-corrected chi connectivity index (χ3v) is 6.66. The highest BCUT2D eigenvalue weighted by atomic mass is 79.9. The van der Waals surface area contributed by atoms with Gasteiger partial charge in [-0.25, -0.2) is 13.4 Å². The number of hydrogen-bond donors (Lipinski definition) is 0. The minimum absolute atomic E-state index is 0.115. The molecule has 1 fully saturated rings. The minimum atomic E-state index is -3.27. The molecule has 8 heteroatoms. The van der Waals surface area contributed by atoms with Gasteiger partial charge in [-0.05, 0) is 36.4 Å². The molecule has 1 aromatic heterocycles. The maximum atomic E-state index is 12.4. The van der Waals surface area contributed by atoms with Gasteiger partial charge in [0.25, 0.3) is 0 Å². The van der Waals surface area contributed by atoms with Crippen molar-refractivity contribution in [3.05, 3.63) is 52.6 Å². The average molecular weight is 435 g/mol. The molecule has 2 heterocycles. The van der Waals surface area contributed by atoms with E-state index in [1.807, 2.05) is 6.07 Å². The SMILES string of the molecule is N#Cc1ccc(N2CCN(CCS(=O)(=O)c3ccc(Br)cc3)CC2)nc1. The molecule has 1 aromatic carbocycles. The second-order valence-electron chi connectivity index (χ2n) is 6.12. The molecule has 2 aromatic rings. The monoisotopic (exact) mass is 434 g/mol. The molecule has 26 heavy (non-hydrogen) atoms. The third-order valence-electron chi connectivity index (χ3n) is 4.42. The van der Waals surface area contributed by atoms with Crippen molar-refractivity contribution in [1.82, 2.24) is 9.88 Å². The van der Waals surface area contributed by atoms with Crippen LogP contribution in [0.25, 0.3) is 0 Å². The topological polar surface area (TPSA) is 77.3 Å². The summed E-state index contributed by atoms with van der Waals surface area (Å²) in [5.74, 6) is 0.968. The normalized spacial score (nSPS) is 15.6. The Balaban J connectivity index is 1.52. The Morgan fingerprint density at radius 2 is 1.77 bits per heavy atom. The molecule has 0 amide bonds. The predicted molar refractivity (Wildman–Crippen MR) is 104 cm³/mol. The van der Waals surface area contributed by atoms with Crippen LogP contribution in [0.3, 0.4) is 0 Å². The Kier molecular flexibility index (Phi) is 5.91. The second-order valence-corrected chi connectivity index (χ2v) is 9.14. The molecular weight excluding hydrogens is 416 g/mol. The summed E-state index contributed by atoms with van der Waals surface area (Å²) in [6.07, 6.45) is 1.58. The summed E-state index contributed by atoms with van der Waals surface area (Å²) in [7, 11) is -3.27. The van der Waals surface area contributed by atoms with E-state index in [0.717, 1.165) is 36.5 Å². The third kappa shape index (κ3) is 4.61. The van der Waals surface area contributed by atoms with Crippen LogP contribution in [0, 0.1) is 11.3 Å². The van der Waals surface area contributed by atoms with Gasteiger partial charge in [-0.15, -0.1) is 0 Å². The standard InChI is InChI=1S/C18H19BrN4O2S/c19-16-2-4-17(5-3-16)26(24,25)12-11-22-7-9-23(10-8-22)18-6-1-15(13-20)14-21-18/h1-6,14H,7-12H2. The maximum absolute atomic E-state index is 12.4. The van der Waals surface area contributed by atoms with Crippen LogP contribution < -0.4 is 4.90 Å². The highest BCUT2D eigenvalue weighted by molar-refractivity contribution is 9.10. The number of anilines is 1. The van der Waals surface area contributed by atoms with E-state index in [9.17, 15) is 8.42 Å². The predicted octanol–water partition coefficient (Wildman–Crippen LogP) is 2.31. The van der Waals surface area contributed by atoms with Crippen LogP contribution in [0.15, 0.2) is 52.0 Å². The van der Waals surface area contributed by atoms with Gasteiger partial charge in [0, 0.05) is 43.4 Å². The summed E-state index contributed by atoms with van der Waals surface area (Å²) < 4.78 is 25.8. The smallest absolute Gasteiger partial charge is 0.179 e. The number of nitrogens with zero attached hydrogens (tertiary/aromatic N) is 4. The van der Waals surface area contributed by atoms with Crippen LogP contribution >= 0.6 is 15.9 Å². The molecule has 1 aliphatic rings. The first-order valence-electron chi connectivity index (χ1n) is 8.30. The van der Waals surface area contributed by atoms with Gasteiger partial charge in [-0.1, -0.05) is 15.9 Å². The van der Waals surface area contributed by atoms with Crippen LogP contribution in [0.5, 0.6) is 0 Å². The summed E-state index contributed by atoms with van der Waals surface area (Å²) >= 11 is 3.32. The lowest BCUT2D eigenvalue weighted by molar-refractivity contribution is 0.271. The largest absolute Gasteiger partial charge is 0.354 e. The summed E-state index contributed by atoms with van der Waals surface area (Å²) in [4.78, 5) is 8.99. The van der Waals surface area contributed by atoms with Crippen molar-refractivity contribution >= 4 is 31.6 Å². The number of piperazine rings is 1. The highest BCUT2D eigenvalue weighted by Gasteiger charge is 2.21. The summed E-state index contributed by atoms with van der Waals surface area (Å²) in [5.41, 5.74) is 0.547. The van der Waals surface area contributed by atoms with E-state index in [-0.39, 0.29) is 5.75 Å². The molecule has 0 spiro atoms. The summed E-state index contributed by atoms with van der Waals surface area (Å²) in [5, 5.41) is 8.83. The number of hydrogen-bond acceptors (Lipinski definition) is 6. The van der Waals surface area contributed by atoms with Crippen molar-refractivity contribution in [2.75, 3.05) is 43.4 Å². The number of sulfone groups is 1. The summed E-state index contributed by atoms with van der Waals surface area (Å²) in [6.45, 7) is 3.68.